The van der Waals surface area contributed by atoms with Crippen LogP contribution in [0.5, 0.6) is 6.01 Å². The minimum absolute atomic E-state index is 0.107. The van der Waals surface area contributed by atoms with Gasteiger partial charge in [-0.25, -0.2) is 0 Å². The summed E-state index contributed by atoms with van der Waals surface area (Å²) in [6.07, 6.45) is 9.41. The molecule has 43 heavy (non-hydrogen) atoms. The number of anilines is 2. The van der Waals surface area contributed by atoms with Gasteiger partial charge in [-0.1, -0.05) is 18.7 Å². The summed E-state index contributed by atoms with van der Waals surface area (Å²) < 4.78 is 6.56. The summed E-state index contributed by atoms with van der Waals surface area (Å²) >= 11 is 0. The van der Waals surface area contributed by atoms with Crippen LogP contribution in [0.1, 0.15) is 66.8 Å². The monoisotopic (exact) mass is 581 g/mol. The van der Waals surface area contributed by atoms with Gasteiger partial charge in [0.2, 0.25) is 0 Å². The summed E-state index contributed by atoms with van der Waals surface area (Å²) in [6.45, 7) is 10.4. The number of hydrogen-bond donors (Lipinski definition) is 1. The van der Waals surface area contributed by atoms with Crippen molar-refractivity contribution in [3.8, 4) is 12.1 Å². The zero-order valence-electron chi connectivity index (χ0n) is 25.1. The summed E-state index contributed by atoms with van der Waals surface area (Å²) in [4.78, 5) is 19.7. The van der Waals surface area contributed by atoms with Gasteiger partial charge in [0.15, 0.2) is 0 Å². The third-order valence-corrected chi connectivity index (χ3v) is 11.3. The predicted octanol–water partition coefficient (Wildman–Crippen LogP) is 3.61. The maximum atomic E-state index is 10.6. The van der Waals surface area contributed by atoms with Crippen LogP contribution in [0.15, 0.2) is 30.9 Å². The summed E-state index contributed by atoms with van der Waals surface area (Å²) in [5.41, 5.74) is 6.91. The molecule has 4 fully saturated rings. The van der Waals surface area contributed by atoms with E-state index in [4.69, 9.17) is 14.7 Å². The number of nitrogens with zero attached hydrogens (tertiary/aromatic N) is 7. The second kappa shape index (κ2) is 10.8. The van der Waals surface area contributed by atoms with E-state index in [1.165, 1.54) is 68.4 Å². The highest BCUT2D eigenvalue weighted by Gasteiger charge is 2.47. The van der Waals surface area contributed by atoms with Crippen molar-refractivity contribution in [2.24, 2.45) is 5.92 Å². The van der Waals surface area contributed by atoms with Crippen molar-refractivity contribution in [1.29, 1.82) is 5.26 Å². The van der Waals surface area contributed by atoms with Gasteiger partial charge >= 0.3 is 6.01 Å². The number of aliphatic hydroxyl groups is 1. The fourth-order valence-electron chi connectivity index (χ4n) is 9.00. The molecule has 4 atom stereocenters. The van der Waals surface area contributed by atoms with Gasteiger partial charge < -0.3 is 19.6 Å². The quantitative estimate of drug-likeness (QED) is 0.470. The molecule has 4 aliphatic heterocycles. The van der Waals surface area contributed by atoms with Crippen molar-refractivity contribution < 1.29 is 9.84 Å². The fraction of sp³-hybridized carbons (Fsp3) is 0.618. The minimum atomic E-state index is -0.758. The first-order chi connectivity index (χ1) is 21.1. The lowest BCUT2D eigenvalue weighted by atomic mass is 9.95. The lowest BCUT2D eigenvalue weighted by Gasteiger charge is -2.43. The molecule has 5 heterocycles. The molecule has 1 aromatic heterocycles. The van der Waals surface area contributed by atoms with Gasteiger partial charge in [0.1, 0.15) is 18.7 Å². The van der Waals surface area contributed by atoms with Crippen LogP contribution in [-0.4, -0.2) is 88.6 Å². The molecule has 0 bridgehead atoms. The van der Waals surface area contributed by atoms with Gasteiger partial charge in [0.25, 0.3) is 0 Å². The van der Waals surface area contributed by atoms with E-state index in [0.29, 0.717) is 38.7 Å². The van der Waals surface area contributed by atoms with Crippen LogP contribution in [0, 0.1) is 17.2 Å². The zero-order chi connectivity index (χ0) is 29.1. The van der Waals surface area contributed by atoms with E-state index in [0.717, 1.165) is 42.9 Å². The standard InChI is InChI=1S/C34H43N7O2/c1-2-30(42)41-17-16-39(20-25(41)8-12-35)32-26-9-15-38(29-7-3-6-23-18-24-19-27(24)31(23)29)21-28(26)36-33(37-32)43-22-34-10-4-13-40(34)14-5-11-34/h2-3,6-7,24-25,27,30,42H,1,4-5,8-11,13-22H2/t24?,25-,27?,30?/m0/s1. The molecule has 0 radical (unpaired) electrons. The number of benzene rings is 1. The maximum Gasteiger partial charge on any atom is 0.318 e. The van der Waals surface area contributed by atoms with Crippen LogP contribution < -0.4 is 14.5 Å². The van der Waals surface area contributed by atoms with Crippen molar-refractivity contribution >= 4 is 11.5 Å². The van der Waals surface area contributed by atoms with Gasteiger partial charge in [-0.05, 0) is 93.1 Å². The largest absolute Gasteiger partial charge is 0.461 e. The predicted molar refractivity (Wildman–Crippen MR) is 165 cm³/mol. The third kappa shape index (κ3) is 4.70. The van der Waals surface area contributed by atoms with Crippen molar-refractivity contribution in [1.82, 2.24) is 19.8 Å². The molecule has 3 saturated heterocycles. The molecule has 2 aliphatic carbocycles. The molecule has 1 N–H and O–H groups in total. The number of aliphatic hydroxyl groups excluding tert-OH is 1. The highest BCUT2D eigenvalue weighted by molar-refractivity contribution is 5.64. The summed E-state index contributed by atoms with van der Waals surface area (Å²) in [5.74, 6) is 2.54. The number of hydrogen-bond acceptors (Lipinski definition) is 9. The Morgan fingerprint density at radius 2 is 2.00 bits per heavy atom. The molecule has 3 unspecified atom stereocenters. The van der Waals surface area contributed by atoms with Crippen molar-refractivity contribution in [3.63, 3.8) is 0 Å². The Hall–Kier alpha value is -3.19. The molecule has 1 saturated carbocycles. The summed E-state index contributed by atoms with van der Waals surface area (Å²) in [5, 5.41) is 20.2. The van der Waals surface area contributed by atoms with Crippen molar-refractivity contribution in [2.45, 2.75) is 81.6 Å². The molecule has 2 aromatic rings. The highest BCUT2D eigenvalue weighted by atomic mass is 16.5. The first kappa shape index (κ1) is 27.4. The Labute approximate surface area is 254 Å². The van der Waals surface area contributed by atoms with E-state index in [1.54, 1.807) is 11.6 Å². The van der Waals surface area contributed by atoms with E-state index in [2.05, 4.69) is 45.5 Å². The van der Waals surface area contributed by atoms with Crippen LogP contribution in [0.4, 0.5) is 11.5 Å². The molecule has 6 aliphatic rings. The molecule has 0 spiro atoms. The Bertz CT molecular complexity index is 1440. The molecule has 1 aromatic carbocycles. The first-order valence-corrected chi connectivity index (χ1v) is 16.4. The van der Waals surface area contributed by atoms with Crippen molar-refractivity contribution in [2.75, 3.05) is 55.7 Å². The molecule has 0 amide bonds. The van der Waals surface area contributed by atoms with Gasteiger partial charge in [-0.15, -0.1) is 0 Å². The normalized spacial score (nSPS) is 28.0. The summed E-state index contributed by atoms with van der Waals surface area (Å²) in [6, 6.07) is 9.58. The third-order valence-electron chi connectivity index (χ3n) is 11.3. The lowest BCUT2D eigenvalue weighted by molar-refractivity contribution is 0.00430. The molecular weight excluding hydrogens is 538 g/mol. The Kier molecular flexibility index (Phi) is 6.85. The number of nitriles is 1. The number of fused-ring (bicyclic) bond motifs is 5. The Morgan fingerprint density at radius 3 is 2.81 bits per heavy atom. The lowest BCUT2D eigenvalue weighted by Crippen LogP contribution is -2.56. The number of rotatable bonds is 8. The maximum absolute atomic E-state index is 10.6. The van der Waals surface area contributed by atoms with E-state index in [9.17, 15) is 10.4 Å². The average molecular weight is 582 g/mol. The van der Waals surface area contributed by atoms with Crippen LogP contribution in [0.25, 0.3) is 0 Å². The number of piperazine rings is 1. The van der Waals surface area contributed by atoms with E-state index in [1.807, 2.05) is 4.90 Å². The SMILES string of the molecule is C=CC(O)N1CCN(c2nc(OCC34CCCN3CCC4)nc3c2CCN(c2cccc4c2C2CC2C4)C3)C[C@@H]1CC#N. The molecular formula is C34H43N7O2. The number of aromatic nitrogens is 2. The average Bonchev–Trinajstić information content (AvgIpc) is 3.32. The summed E-state index contributed by atoms with van der Waals surface area (Å²) in [7, 11) is 0. The minimum Gasteiger partial charge on any atom is -0.461 e. The van der Waals surface area contributed by atoms with Gasteiger partial charge in [0, 0.05) is 43.5 Å². The Morgan fingerprint density at radius 1 is 1.14 bits per heavy atom. The van der Waals surface area contributed by atoms with E-state index >= 15 is 0 Å². The van der Waals surface area contributed by atoms with Crippen LogP contribution >= 0.6 is 0 Å². The van der Waals surface area contributed by atoms with E-state index < -0.39 is 6.23 Å². The fourth-order valence-corrected chi connectivity index (χ4v) is 9.00. The number of ether oxygens (including phenoxy) is 1. The smallest absolute Gasteiger partial charge is 0.318 e. The zero-order valence-corrected chi connectivity index (χ0v) is 25.1. The molecule has 8 rings (SSSR count). The second-order valence-corrected chi connectivity index (χ2v) is 13.6. The first-order valence-electron chi connectivity index (χ1n) is 16.4. The Balaban J connectivity index is 1.11. The van der Waals surface area contributed by atoms with E-state index in [-0.39, 0.29) is 11.6 Å². The van der Waals surface area contributed by atoms with Crippen molar-refractivity contribution in [3.05, 3.63) is 53.2 Å². The van der Waals surface area contributed by atoms with Crippen LogP contribution in [0.2, 0.25) is 0 Å². The molecule has 9 heteroatoms. The second-order valence-electron chi connectivity index (χ2n) is 13.6. The van der Waals surface area contributed by atoms with Crippen LogP contribution in [-0.2, 0) is 19.4 Å². The van der Waals surface area contributed by atoms with Gasteiger partial charge in [-0.3, -0.25) is 9.80 Å². The van der Waals surface area contributed by atoms with Gasteiger partial charge in [-0.2, -0.15) is 15.2 Å². The molecule has 226 valence electrons. The molecule has 9 nitrogen and oxygen atoms in total. The van der Waals surface area contributed by atoms with Gasteiger partial charge in [0.05, 0.1) is 30.3 Å². The topological polar surface area (TPSA) is 92.0 Å². The van der Waals surface area contributed by atoms with Crippen LogP contribution in [0.3, 0.4) is 0 Å². The highest BCUT2D eigenvalue weighted by Crippen LogP contribution is 2.59.